The molecule has 0 spiro atoms. The number of aromatic nitrogens is 2. The highest BCUT2D eigenvalue weighted by molar-refractivity contribution is 6.17. The number of anilines is 3. The maximum Gasteiger partial charge on any atom is 0.0569 e. The van der Waals surface area contributed by atoms with E-state index in [9.17, 15) is 0 Å². The van der Waals surface area contributed by atoms with Gasteiger partial charge in [-0.3, -0.25) is 0 Å². The van der Waals surface area contributed by atoms with Gasteiger partial charge in [0.1, 0.15) is 0 Å². The van der Waals surface area contributed by atoms with E-state index in [1.807, 2.05) is 0 Å². The van der Waals surface area contributed by atoms with E-state index < -0.39 is 0 Å². The monoisotopic (exact) mass is 943 g/mol. The van der Waals surface area contributed by atoms with Crippen LogP contribution in [-0.2, 0) is 12.8 Å². The first kappa shape index (κ1) is 42.3. The molecule has 2 heterocycles. The van der Waals surface area contributed by atoms with E-state index in [0.717, 1.165) is 41.3 Å². The number of aryl methyl sites for hydroxylation is 1. The molecule has 1 aliphatic rings. The third kappa shape index (κ3) is 6.74. The predicted octanol–water partition coefficient (Wildman–Crippen LogP) is 18.8. The number of fused-ring (bicyclic) bond motifs is 11. The molecule has 0 radical (unpaired) electrons. The molecule has 74 heavy (non-hydrogen) atoms. The highest BCUT2D eigenvalue weighted by Gasteiger charge is 2.27. The first-order valence-electron chi connectivity index (χ1n) is 25.8. The summed E-state index contributed by atoms with van der Waals surface area (Å²) in [5, 5.41) is 9.83. The zero-order chi connectivity index (χ0) is 48.9. The van der Waals surface area contributed by atoms with E-state index >= 15 is 0 Å². The second-order valence-corrected chi connectivity index (χ2v) is 20.1. The van der Waals surface area contributed by atoms with Gasteiger partial charge in [-0.25, -0.2) is 0 Å². The van der Waals surface area contributed by atoms with Crippen molar-refractivity contribution >= 4 is 82.2 Å². The van der Waals surface area contributed by atoms with E-state index in [2.05, 4.69) is 276 Å². The van der Waals surface area contributed by atoms with Crippen molar-refractivity contribution in [2.45, 2.75) is 19.8 Å². The van der Waals surface area contributed by atoms with Gasteiger partial charge in [-0.15, -0.1) is 0 Å². The normalized spacial score (nSPS) is 12.1. The third-order valence-electron chi connectivity index (χ3n) is 15.8. The Hall–Kier alpha value is -9.44. The maximum absolute atomic E-state index is 2.58. The van der Waals surface area contributed by atoms with Crippen molar-refractivity contribution < 1.29 is 0 Å². The first-order chi connectivity index (χ1) is 36.6. The Bertz CT molecular complexity index is 4420. The first-order valence-corrected chi connectivity index (χ1v) is 25.8. The zero-order valence-corrected chi connectivity index (χ0v) is 41.0. The van der Waals surface area contributed by atoms with E-state index in [1.165, 1.54) is 115 Å². The van der Waals surface area contributed by atoms with Crippen LogP contribution in [0.3, 0.4) is 0 Å². The van der Waals surface area contributed by atoms with Crippen molar-refractivity contribution in [3.05, 3.63) is 283 Å². The van der Waals surface area contributed by atoms with Crippen LogP contribution in [0.4, 0.5) is 17.1 Å². The van der Waals surface area contributed by atoms with Crippen LogP contribution in [-0.4, -0.2) is 9.13 Å². The largest absolute Gasteiger partial charge is 0.309 e. The van der Waals surface area contributed by atoms with Crippen LogP contribution in [0.1, 0.15) is 27.8 Å². The summed E-state index contributed by atoms with van der Waals surface area (Å²) in [6.07, 6.45) is 1.72. The van der Waals surface area contributed by atoms with Crippen molar-refractivity contribution in [1.29, 1.82) is 0 Å². The summed E-state index contributed by atoms with van der Waals surface area (Å²) in [4.78, 5) is 2.58. The molecule has 0 unspecified atom stereocenters. The molecule has 0 saturated heterocycles. The van der Waals surface area contributed by atoms with Crippen molar-refractivity contribution in [3.8, 4) is 33.6 Å². The molecule has 0 saturated carbocycles. The second kappa shape index (κ2) is 16.8. The Morgan fingerprint density at radius 2 is 0.878 bits per heavy atom. The predicted molar refractivity (Wildman–Crippen MR) is 312 cm³/mol. The highest BCUT2D eigenvalue weighted by atomic mass is 15.2. The van der Waals surface area contributed by atoms with Gasteiger partial charge in [0.05, 0.1) is 44.8 Å². The van der Waals surface area contributed by atoms with Gasteiger partial charge in [-0.05, 0) is 153 Å². The van der Waals surface area contributed by atoms with Crippen LogP contribution in [0.15, 0.2) is 255 Å². The van der Waals surface area contributed by atoms with Gasteiger partial charge >= 0.3 is 0 Å². The molecule has 14 aromatic rings. The molecule has 0 fully saturated rings. The van der Waals surface area contributed by atoms with Gasteiger partial charge in [-0.2, -0.15) is 0 Å². The van der Waals surface area contributed by atoms with Crippen molar-refractivity contribution in [1.82, 2.24) is 9.13 Å². The summed E-state index contributed by atoms with van der Waals surface area (Å²) < 4.78 is 5.03. The lowest BCUT2D eigenvalue weighted by molar-refractivity contribution is 1.12. The molecule has 15 rings (SSSR count). The smallest absolute Gasteiger partial charge is 0.0569 e. The number of para-hydroxylation sites is 3. The van der Waals surface area contributed by atoms with Crippen molar-refractivity contribution in [2.75, 3.05) is 4.90 Å². The molecule has 348 valence electrons. The lowest BCUT2D eigenvalue weighted by atomic mass is 9.91. The molecule has 0 atom stereocenters. The second-order valence-electron chi connectivity index (χ2n) is 20.1. The molecule has 3 nitrogen and oxygen atoms in total. The molecular formula is C71H49N3. The summed E-state index contributed by atoms with van der Waals surface area (Å²) in [5.74, 6) is 0. The summed E-state index contributed by atoms with van der Waals surface area (Å²) in [6.45, 7) is 2.29. The summed E-state index contributed by atoms with van der Waals surface area (Å²) >= 11 is 0. The lowest BCUT2D eigenvalue weighted by Crippen LogP contribution is -2.15. The average molecular weight is 944 g/mol. The lowest BCUT2D eigenvalue weighted by Gasteiger charge is -2.31. The zero-order valence-electron chi connectivity index (χ0n) is 41.0. The number of hydrogen-bond acceptors (Lipinski definition) is 1. The topological polar surface area (TPSA) is 13.1 Å². The van der Waals surface area contributed by atoms with Gasteiger partial charge in [0.25, 0.3) is 0 Å². The van der Waals surface area contributed by atoms with Gasteiger partial charge in [0, 0.05) is 32.8 Å². The van der Waals surface area contributed by atoms with Gasteiger partial charge in [0.2, 0.25) is 0 Å². The fraction of sp³-hybridized carbons (Fsp3) is 0.0423. The third-order valence-corrected chi connectivity index (χ3v) is 15.8. The fourth-order valence-electron chi connectivity index (χ4n) is 12.4. The molecule has 0 aliphatic heterocycles. The van der Waals surface area contributed by atoms with Gasteiger partial charge < -0.3 is 14.0 Å². The SMILES string of the molecule is Cc1cccc(-c2ccccc2Cc2ccccc2)c1N(c1cc(-n2c3ccccc3c3ccccc32)cc(-n2c3cc4ccccc4cc3c3cc4ccccc4cc32)c1)c1ccc2c(c1)Cc1ccccc1-2. The van der Waals surface area contributed by atoms with E-state index in [4.69, 9.17) is 0 Å². The minimum absolute atomic E-state index is 0.825. The number of rotatable bonds is 8. The Morgan fingerprint density at radius 3 is 1.55 bits per heavy atom. The van der Waals surface area contributed by atoms with E-state index in [-0.39, 0.29) is 0 Å². The molecule has 3 heteroatoms. The van der Waals surface area contributed by atoms with Gasteiger partial charge in [-0.1, -0.05) is 188 Å². The fourth-order valence-corrected chi connectivity index (χ4v) is 12.4. The Balaban J connectivity index is 1.07. The Kier molecular flexibility index (Phi) is 9.61. The van der Waals surface area contributed by atoms with Crippen LogP contribution in [0.2, 0.25) is 0 Å². The number of hydrogen-bond donors (Lipinski definition) is 0. The van der Waals surface area contributed by atoms with Crippen LogP contribution in [0, 0.1) is 6.92 Å². The highest BCUT2D eigenvalue weighted by Crippen LogP contribution is 2.49. The van der Waals surface area contributed by atoms with Crippen LogP contribution < -0.4 is 4.90 Å². The average Bonchev–Trinajstić information content (AvgIpc) is 4.11. The van der Waals surface area contributed by atoms with Crippen LogP contribution in [0.25, 0.3) is 98.8 Å². The molecule has 0 bridgehead atoms. The molecule has 12 aromatic carbocycles. The maximum atomic E-state index is 2.58. The quantitative estimate of drug-likeness (QED) is 0.148. The molecular weight excluding hydrogens is 895 g/mol. The molecule has 0 N–H and O–H groups in total. The Morgan fingerprint density at radius 1 is 0.351 bits per heavy atom. The van der Waals surface area contributed by atoms with Crippen molar-refractivity contribution in [2.24, 2.45) is 0 Å². The Labute approximate surface area is 430 Å². The minimum Gasteiger partial charge on any atom is -0.309 e. The van der Waals surface area contributed by atoms with Gasteiger partial charge in [0.15, 0.2) is 0 Å². The standard InChI is InChI=1S/C71H49N3/c1-46-18-17-31-64(60-28-12-9-25-52(60)36-47-19-3-2-4-20-47)71(46)72(55-34-35-61-54(38-55)37-53-26-10-11-27-59(53)61)56-43-57(73-67-32-15-13-29-62(67)63-30-14-16-33-68(63)73)45-58(44-56)74-69-41-50-23-7-5-21-48(50)39-65(69)66-40-49-22-6-8-24-51(49)42-70(66)74/h2-35,38-45H,36-37H2,1H3. The summed E-state index contributed by atoms with van der Waals surface area (Å²) in [7, 11) is 0. The number of benzene rings is 12. The van der Waals surface area contributed by atoms with E-state index in [0.29, 0.717) is 0 Å². The van der Waals surface area contributed by atoms with E-state index in [1.54, 1.807) is 0 Å². The minimum atomic E-state index is 0.825. The number of nitrogens with zero attached hydrogens (tertiary/aromatic N) is 3. The summed E-state index contributed by atoms with van der Waals surface area (Å²) in [6, 6.07) is 95.1. The molecule has 1 aliphatic carbocycles. The van der Waals surface area contributed by atoms with Crippen LogP contribution in [0.5, 0.6) is 0 Å². The van der Waals surface area contributed by atoms with Crippen molar-refractivity contribution in [3.63, 3.8) is 0 Å². The summed E-state index contributed by atoms with van der Waals surface area (Å²) in [5.41, 5.74) is 21.8. The molecule has 0 amide bonds. The molecule has 2 aromatic heterocycles. The van der Waals surface area contributed by atoms with Crippen LogP contribution >= 0.6 is 0 Å².